The van der Waals surface area contributed by atoms with Gasteiger partial charge in [-0.1, -0.05) is 48.0 Å². The van der Waals surface area contributed by atoms with Crippen LogP contribution < -0.4 is 18.9 Å². The quantitative estimate of drug-likeness (QED) is 0.112. The molecule has 0 bridgehead atoms. The van der Waals surface area contributed by atoms with Gasteiger partial charge in [-0.25, -0.2) is 0 Å². The Kier molecular flexibility index (Phi) is 11.3. The molecule has 0 aliphatic carbocycles. The monoisotopic (exact) mass is 707 g/mol. The van der Waals surface area contributed by atoms with Crippen molar-refractivity contribution in [2.24, 2.45) is 15.0 Å². The van der Waals surface area contributed by atoms with E-state index < -0.39 is 0 Å². The molecule has 0 aliphatic rings. The van der Waals surface area contributed by atoms with Gasteiger partial charge in [0.1, 0.15) is 46.0 Å². The van der Waals surface area contributed by atoms with E-state index in [9.17, 15) is 0 Å². The normalized spacial score (nSPS) is 11.3. The minimum Gasteiger partial charge on any atom is -0.457 e. The van der Waals surface area contributed by atoms with Crippen LogP contribution in [0.3, 0.4) is 0 Å². The number of rotatable bonds is 13. The summed E-state index contributed by atoms with van der Waals surface area (Å²) in [6.45, 7) is 3.94. The summed E-state index contributed by atoms with van der Waals surface area (Å²) in [4.78, 5) is 13.6. The SMILES string of the molecule is CC=Nc1ccc(Oc2cccc(Oc3ccc(N=Cc4cccc(C=Nc5ccc(Oc6cccc(Oc7ccc(C)cc7)c6)cc5)c4)cc3)c2)cc1. The fourth-order valence-electron chi connectivity index (χ4n) is 5.32. The van der Waals surface area contributed by atoms with Gasteiger partial charge in [0, 0.05) is 30.8 Å². The smallest absolute Gasteiger partial charge is 0.131 e. The molecule has 7 heteroatoms. The zero-order chi connectivity index (χ0) is 37.0. The third-order valence-corrected chi connectivity index (χ3v) is 8.00. The van der Waals surface area contributed by atoms with Crippen molar-refractivity contribution in [1.29, 1.82) is 0 Å². The summed E-state index contributed by atoms with van der Waals surface area (Å²) >= 11 is 0. The van der Waals surface area contributed by atoms with Gasteiger partial charge in [-0.3, -0.25) is 15.0 Å². The molecular formula is C47H37N3O4. The van der Waals surface area contributed by atoms with Crippen molar-refractivity contribution in [3.8, 4) is 46.0 Å². The molecule has 0 fully saturated rings. The van der Waals surface area contributed by atoms with Gasteiger partial charge >= 0.3 is 0 Å². The van der Waals surface area contributed by atoms with Gasteiger partial charge in [0.15, 0.2) is 0 Å². The molecule has 7 aromatic rings. The first-order valence-electron chi connectivity index (χ1n) is 17.5. The van der Waals surface area contributed by atoms with Crippen LogP contribution in [0.2, 0.25) is 0 Å². The third kappa shape index (κ3) is 10.2. The van der Waals surface area contributed by atoms with Crippen molar-refractivity contribution < 1.29 is 18.9 Å². The lowest BCUT2D eigenvalue weighted by molar-refractivity contribution is 0.460. The molecular weight excluding hydrogens is 671 g/mol. The highest BCUT2D eigenvalue weighted by Gasteiger charge is 2.05. The van der Waals surface area contributed by atoms with Crippen LogP contribution in [0.5, 0.6) is 46.0 Å². The summed E-state index contributed by atoms with van der Waals surface area (Å²) < 4.78 is 24.1. The van der Waals surface area contributed by atoms with Crippen LogP contribution in [-0.4, -0.2) is 18.6 Å². The van der Waals surface area contributed by atoms with Gasteiger partial charge in [0.25, 0.3) is 0 Å². The lowest BCUT2D eigenvalue weighted by Gasteiger charge is -2.09. The second-order valence-electron chi connectivity index (χ2n) is 12.2. The zero-order valence-corrected chi connectivity index (χ0v) is 29.9. The second-order valence-corrected chi connectivity index (χ2v) is 12.2. The molecule has 0 unspecified atom stereocenters. The van der Waals surface area contributed by atoms with Crippen molar-refractivity contribution in [1.82, 2.24) is 0 Å². The largest absolute Gasteiger partial charge is 0.457 e. The van der Waals surface area contributed by atoms with Crippen LogP contribution in [0.15, 0.2) is 185 Å². The molecule has 0 radical (unpaired) electrons. The van der Waals surface area contributed by atoms with Crippen molar-refractivity contribution in [3.63, 3.8) is 0 Å². The van der Waals surface area contributed by atoms with Gasteiger partial charge in [0.2, 0.25) is 0 Å². The van der Waals surface area contributed by atoms with Gasteiger partial charge in [-0.2, -0.15) is 0 Å². The maximum absolute atomic E-state index is 6.09. The van der Waals surface area contributed by atoms with Crippen LogP contribution in [-0.2, 0) is 0 Å². The summed E-state index contributed by atoms with van der Waals surface area (Å²) in [5, 5.41) is 0. The predicted molar refractivity (Wildman–Crippen MR) is 218 cm³/mol. The number of benzene rings is 7. The molecule has 0 spiro atoms. The average Bonchev–Trinajstić information content (AvgIpc) is 3.20. The number of aryl methyl sites for hydroxylation is 1. The Balaban J connectivity index is 0.912. The Morgan fingerprint density at radius 1 is 0.352 bits per heavy atom. The minimum atomic E-state index is 0.671. The maximum Gasteiger partial charge on any atom is 0.131 e. The number of ether oxygens (including phenoxy) is 4. The molecule has 0 aromatic heterocycles. The highest BCUT2D eigenvalue weighted by atomic mass is 16.5. The lowest BCUT2D eigenvalue weighted by atomic mass is 10.1. The molecule has 0 aliphatic heterocycles. The van der Waals surface area contributed by atoms with Crippen LogP contribution in [0, 0.1) is 6.92 Å². The Bertz CT molecular complexity index is 2380. The Morgan fingerprint density at radius 2 is 0.685 bits per heavy atom. The fourth-order valence-corrected chi connectivity index (χ4v) is 5.32. The van der Waals surface area contributed by atoms with Gasteiger partial charge < -0.3 is 18.9 Å². The molecule has 0 amide bonds. The molecule has 7 nitrogen and oxygen atoms in total. The Labute approximate surface area is 315 Å². The number of nitrogens with zero attached hydrogens (tertiary/aromatic N) is 3. The zero-order valence-electron chi connectivity index (χ0n) is 29.9. The van der Waals surface area contributed by atoms with Crippen molar-refractivity contribution in [3.05, 3.63) is 187 Å². The van der Waals surface area contributed by atoms with Crippen molar-refractivity contribution in [2.75, 3.05) is 0 Å². The van der Waals surface area contributed by atoms with Gasteiger partial charge in [0.05, 0.1) is 17.1 Å². The number of hydrogen-bond acceptors (Lipinski definition) is 7. The standard InChI is InChI=1S/C47H37N3O4/c1-3-48-37-15-23-41(24-16-37)52-46-11-6-12-47(31-46)54-43-27-19-39(20-28-43)50-33-36-8-4-7-35(29-36)32-49-38-17-25-42(26-18-38)53-45-10-5-9-44(30-45)51-40-21-13-34(2)14-22-40/h3-33H,1-2H3. The molecule has 264 valence electrons. The van der Waals surface area contributed by atoms with Crippen LogP contribution in [0.4, 0.5) is 17.1 Å². The Morgan fingerprint density at radius 3 is 1.06 bits per heavy atom. The third-order valence-electron chi connectivity index (χ3n) is 8.00. The first kappa shape index (κ1) is 35.2. The van der Waals surface area contributed by atoms with Crippen LogP contribution >= 0.6 is 0 Å². The van der Waals surface area contributed by atoms with Crippen molar-refractivity contribution >= 4 is 35.7 Å². The van der Waals surface area contributed by atoms with E-state index >= 15 is 0 Å². The molecule has 0 saturated heterocycles. The van der Waals surface area contributed by atoms with Crippen LogP contribution in [0.1, 0.15) is 23.6 Å². The van der Waals surface area contributed by atoms with Gasteiger partial charge in [-0.15, -0.1) is 0 Å². The summed E-state index contributed by atoms with van der Waals surface area (Å²) in [5.41, 5.74) is 5.60. The predicted octanol–water partition coefficient (Wildman–Crippen LogP) is 13.4. The second kappa shape index (κ2) is 17.3. The van der Waals surface area contributed by atoms with E-state index in [1.165, 1.54) is 5.56 Å². The minimum absolute atomic E-state index is 0.671. The Hall–Kier alpha value is -7.25. The van der Waals surface area contributed by atoms with E-state index in [0.29, 0.717) is 34.5 Å². The molecule has 0 heterocycles. The van der Waals surface area contributed by atoms with E-state index in [4.69, 9.17) is 18.9 Å². The van der Waals surface area contributed by atoms with E-state index in [2.05, 4.69) is 15.0 Å². The first-order chi connectivity index (χ1) is 26.5. The highest BCUT2D eigenvalue weighted by molar-refractivity contribution is 5.88. The van der Waals surface area contributed by atoms with Crippen molar-refractivity contribution in [2.45, 2.75) is 13.8 Å². The molecule has 7 aromatic carbocycles. The number of hydrogen-bond donors (Lipinski definition) is 0. The molecule has 0 saturated carbocycles. The highest BCUT2D eigenvalue weighted by Crippen LogP contribution is 2.31. The average molecular weight is 708 g/mol. The first-order valence-corrected chi connectivity index (χ1v) is 17.5. The summed E-state index contributed by atoms with van der Waals surface area (Å²) in [7, 11) is 0. The van der Waals surface area contributed by atoms with E-state index in [-0.39, 0.29) is 0 Å². The summed E-state index contributed by atoms with van der Waals surface area (Å²) in [6.07, 6.45) is 5.43. The molecule has 7 rings (SSSR count). The summed E-state index contributed by atoms with van der Waals surface area (Å²) in [6, 6.07) is 54.0. The van der Waals surface area contributed by atoms with Crippen LogP contribution in [0.25, 0.3) is 0 Å². The van der Waals surface area contributed by atoms with E-state index in [1.807, 2.05) is 196 Å². The molecule has 54 heavy (non-hydrogen) atoms. The summed E-state index contributed by atoms with van der Waals surface area (Å²) in [5.74, 6) is 5.65. The molecule has 0 atom stereocenters. The number of aliphatic imine (C=N–C) groups is 3. The van der Waals surface area contributed by atoms with Gasteiger partial charge in [-0.05, 0) is 140 Å². The fraction of sp³-hybridized carbons (Fsp3) is 0.0426. The maximum atomic E-state index is 6.09. The molecule has 0 N–H and O–H groups in total. The topological polar surface area (TPSA) is 74.0 Å². The lowest BCUT2D eigenvalue weighted by Crippen LogP contribution is -1.87. The van der Waals surface area contributed by atoms with E-state index in [0.717, 1.165) is 39.7 Å². The van der Waals surface area contributed by atoms with E-state index in [1.54, 1.807) is 6.21 Å².